The average Bonchev–Trinajstić information content (AvgIpc) is 3.32. The number of carbonyl (C=O) groups is 1. The zero-order chi connectivity index (χ0) is 17.1. The van der Waals surface area contributed by atoms with Crippen LogP contribution in [0.2, 0.25) is 0 Å². The zero-order valence-electron chi connectivity index (χ0n) is 13.5. The van der Waals surface area contributed by atoms with Gasteiger partial charge in [-0.15, -0.1) is 0 Å². The average molecular weight is 335 g/mol. The Morgan fingerprint density at radius 3 is 2.92 bits per heavy atom. The normalized spacial score (nSPS) is 16.5. The number of fused-ring (bicyclic) bond motifs is 1. The van der Waals surface area contributed by atoms with Crippen LogP contribution in [-0.2, 0) is 22.6 Å². The molecule has 1 aliphatic heterocycles. The second kappa shape index (κ2) is 6.76. The molecule has 25 heavy (non-hydrogen) atoms. The number of aromatic nitrogens is 1. The fourth-order valence-corrected chi connectivity index (χ4v) is 2.96. The summed E-state index contributed by atoms with van der Waals surface area (Å²) in [7, 11) is 0. The Kier molecular flexibility index (Phi) is 4.16. The number of hydrogen-bond donors (Lipinski definition) is 1. The van der Waals surface area contributed by atoms with Crippen molar-refractivity contribution in [3.8, 4) is 0 Å². The van der Waals surface area contributed by atoms with Crippen LogP contribution in [0.4, 0.5) is 0 Å². The topological polar surface area (TPSA) is 76.7 Å². The summed E-state index contributed by atoms with van der Waals surface area (Å²) in [6.07, 6.45) is 2.05. The molecule has 0 bridgehead atoms. The maximum Gasteiger partial charge on any atom is 0.264 e. The molecule has 0 fully saturated rings. The van der Waals surface area contributed by atoms with Gasteiger partial charge in [-0.05, 0) is 16.3 Å². The van der Waals surface area contributed by atoms with Gasteiger partial charge in [0.05, 0.1) is 12.3 Å². The van der Waals surface area contributed by atoms with E-state index in [1.165, 1.54) is 22.6 Å². The first-order valence-corrected chi connectivity index (χ1v) is 8.15. The predicted octanol–water partition coefficient (Wildman–Crippen LogP) is 2.83. The first-order chi connectivity index (χ1) is 12.3. The summed E-state index contributed by atoms with van der Waals surface area (Å²) in [5.74, 6) is -0.195. The second-order valence-corrected chi connectivity index (χ2v) is 5.98. The number of carbonyl (C=O) groups excluding carboxylic acids is 1. The van der Waals surface area contributed by atoms with E-state index >= 15 is 0 Å². The molecule has 1 N–H and O–H groups in total. The summed E-state index contributed by atoms with van der Waals surface area (Å²) >= 11 is 0. The molecule has 0 spiro atoms. The molecule has 1 aliphatic rings. The molecule has 0 aliphatic carbocycles. The molecule has 6 nitrogen and oxygen atoms in total. The third-order valence-electron chi connectivity index (χ3n) is 4.23. The Morgan fingerprint density at radius 1 is 1.16 bits per heavy atom. The number of nitrogens with one attached hydrogen (secondary N) is 1. The number of benzene rings is 2. The quantitative estimate of drug-likeness (QED) is 0.778. The van der Waals surface area contributed by atoms with Crippen molar-refractivity contribution in [1.82, 2.24) is 10.5 Å². The van der Waals surface area contributed by atoms with E-state index in [1.807, 2.05) is 18.2 Å². The molecular formula is C19H17N3O3. The molecule has 0 unspecified atom stereocenters. The van der Waals surface area contributed by atoms with Gasteiger partial charge in [0.2, 0.25) is 6.10 Å². The summed E-state index contributed by atoms with van der Waals surface area (Å²) < 4.78 is 4.74. The van der Waals surface area contributed by atoms with Crippen LogP contribution in [-0.4, -0.2) is 22.9 Å². The Morgan fingerprint density at radius 2 is 2.04 bits per heavy atom. The molecule has 2 heterocycles. The molecule has 0 radical (unpaired) electrons. The molecular weight excluding hydrogens is 318 g/mol. The van der Waals surface area contributed by atoms with Crippen LogP contribution in [0.3, 0.4) is 0 Å². The maximum atomic E-state index is 12.2. The number of amides is 1. The van der Waals surface area contributed by atoms with Crippen molar-refractivity contribution in [1.29, 1.82) is 0 Å². The van der Waals surface area contributed by atoms with Crippen molar-refractivity contribution < 1.29 is 14.2 Å². The largest absolute Gasteiger partial charge is 0.382 e. The first-order valence-electron chi connectivity index (χ1n) is 8.15. The molecule has 126 valence electrons. The lowest BCUT2D eigenvalue weighted by molar-refractivity contribution is -0.131. The van der Waals surface area contributed by atoms with E-state index in [0.717, 1.165) is 5.71 Å². The van der Waals surface area contributed by atoms with E-state index in [4.69, 9.17) is 9.36 Å². The van der Waals surface area contributed by atoms with Gasteiger partial charge in [-0.3, -0.25) is 4.79 Å². The minimum absolute atomic E-state index is 0.195. The third kappa shape index (κ3) is 3.38. The Hall–Kier alpha value is -3.15. The lowest BCUT2D eigenvalue weighted by atomic mass is 9.98. The third-order valence-corrected chi connectivity index (χ3v) is 4.23. The number of hydrogen-bond acceptors (Lipinski definition) is 5. The molecule has 0 saturated heterocycles. The van der Waals surface area contributed by atoms with Crippen molar-refractivity contribution in [3.63, 3.8) is 0 Å². The molecule has 3 aromatic rings. The van der Waals surface area contributed by atoms with Gasteiger partial charge in [0.1, 0.15) is 12.0 Å². The Balaban J connectivity index is 1.38. The van der Waals surface area contributed by atoms with Crippen molar-refractivity contribution in [3.05, 3.63) is 66.1 Å². The standard InChI is InChI=1S/C19H17N3O3/c23-19(20-12-15-8-9-24-21-15)18-11-16(22-25-18)10-14-6-3-5-13-4-1-2-7-17(13)14/h1-9,18H,10-12H2,(H,20,23)/t18-/m1/s1. The van der Waals surface area contributed by atoms with Gasteiger partial charge in [-0.1, -0.05) is 52.8 Å². The summed E-state index contributed by atoms with van der Waals surface area (Å²) in [5.41, 5.74) is 2.73. The van der Waals surface area contributed by atoms with Crippen molar-refractivity contribution in [2.75, 3.05) is 0 Å². The first kappa shape index (κ1) is 15.4. The van der Waals surface area contributed by atoms with Crippen LogP contribution in [0, 0.1) is 0 Å². The van der Waals surface area contributed by atoms with Crippen molar-refractivity contribution in [2.24, 2.45) is 5.16 Å². The van der Waals surface area contributed by atoms with Gasteiger partial charge in [-0.2, -0.15) is 0 Å². The Bertz CT molecular complexity index is 913. The smallest absolute Gasteiger partial charge is 0.264 e. The predicted molar refractivity (Wildman–Crippen MR) is 92.9 cm³/mol. The number of rotatable bonds is 5. The highest BCUT2D eigenvalue weighted by molar-refractivity contribution is 5.96. The maximum absolute atomic E-state index is 12.2. The lowest BCUT2D eigenvalue weighted by Gasteiger charge is -2.08. The van der Waals surface area contributed by atoms with Crippen LogP contribution in [0.1, 0.15) is 17.7 Å². The van der Waals surface area contributed by atoms with Gasteiger partial charge < -0.3 is 14.7 Å². The molecule has 4 rings (SSSR count). The molecule has 2 aromatic carbocycles. The molecule has 6 heteroatoms. The van der Waals surface area contributed by atoms with E-state index in [0.29, 0.717) is 25.1 Å². The summed E-state index contributed by atoms with van der Waals surface area (Å²) in [6, 6.07) is 16.2. The summed E-state index contributed by atoms with van der Waals surface area (Å²) in [5, 5.41) is 13.0. The highest BCUT2D eigenvalue weighted by Crippen LogP contribution is 2.22. The fourth-order valence-electron chi connectivity index (χ4n) is 2.96. The van der Waals surface area contributed by atoms with E-state index < -0.39 is 6.10 Å². The Labute approximate surface area is 144 Å². The second-order valence-electron chi connectivity index (χ2n) is 5.98. The lowest BCUT2D eigenvalue weighted by Crippen LogP contribution is -2.34. The fraction of sp³-hybridized carbons (Fsp3) is 0.211. The van der Waals surface area contributed by atoms with E-state index in [1.54, 1.807) is 6.07 Å². The minimum atomic E-state index is -0.586. The molecule has 1 amide bonds. The summed E-state index contributed by atoms with van der Waals surface area (Å²) in [4.78, 5) is 17.5. The zero-order valence-corrected chi connectivity index (χ0v) is 13.5. The monoisotopic (exact) mass is 335 g/mol. The van der Waals surface area contributed by atoms with Crippen molar-refractivity contribution >= 4 is 22.4 Å². The molecule has 0 saturated carbocycles. The van der Waals surface area contributed by atoms with E-state index in [-0.39, 0.29) is 5.91 Å². The number of nitrogens with zero attached hydrogens (tertiary/aromatic N) is 2. The van der Waals surface area contributed by atoms with Gasteiger partial charge in [-0.25, -0.2) is 0 Å². The van der Waals surface area contributed by atoms with Crippen LogP contribution in [0.15, 0.2) is 64.5 Å². The van der Waals surface area contributed by atoms with Crippen LogP contribution in [0.25, 0.3) is 10.8 Å². The molecule has 1 atom stereocenters. The van der Waals surface area contributed by atoms with Crippen LogP contribution < -0.4 is 5.32 Å². The SMILES string of the molecule is O=C(NCc1ccon1)[C@H]1CC(Cc2cccc3ccccc23)=NO1. The van der Waals surface area contributed by atoms with Gasteiger partial charge >= 0.3 is 0 Å². The van der Waals surface area contributed by atoms with Gasteiger partial charge in [0, 0.05) is 18.9 Å². The minimum Gasteiger partial charge on any atom is -0.382 e. The van der Waals surface area contributed by atoms with Crippen LogP contribution in [0.5, 0.6) is 0 Å². The highest BCUT2D eigenvalue weighted by Gasteiger charge is 2.28. The van der Waals surface area contributed by atoms with Crippen LogP contribution >= 0.6 is 0 Å². The number of oxime groups is 1. The van der Waals surface area contributed by atoms with E-state index in [2.05, 4.69) is 39.9 Å². The van der Waals surface area contributed by atoms with E-state index in [9.17, 15) is 4.79 Å². The van der Waals surface area contributed by atoms with Gasteiger partial charge in [0.15, 0.2) is 0 Å². The summed E-state index contributed by atoms with van der Waals surface area (Å²) in [6.45, 7) is 0.313. The van der Waals surface area contributed by atoms with Crippen molar-refractivity contribution in [2.45, 2.75) is 25.5 Å². The van der Waals surface area contributed by atoms with Gasteiger partial charge in [0.25, 0.3) is 5.91 Å². The highest BCUT2D eigenvalue weighted by atomic mass is 16.6. The molecule has 1 aromatic heterocycles.